The van der Waals surface area contributed by atoms with Gasteiger partial charge in [-0.25, -0.2) is 5.43 Å². The first-order valence-corrected chi connectivity index (χ1v) is 12.5. The molecule has 0 aliphatic heterocycles. The summed E-state index contributed by atoms with van der Waals surface area (Å²) >= 11 is 12.9. The summed E-state index contributed by atoms with van der Waals surface area (Å²) < 4.78 is 13.2. The lowest BCUT2D eigenvalue weighted by Gasteiger charge is -2.15. The van der Waals surface area contributed by atoms with Crippen molar-refractivity contribution in [3.05, 3.63) is 85.3 Å². The average Bonchev–Trinajstić information content (AvgIpc) is 2.80. The van der Waals surface area contributed by atoms with E-state index in [2.05, 4.69) is 47.7 Å². The number of aryl methyl sites for hydroxylation is 1. The maximum absolute atomic E-state index is 12.2. The van der Waals surface area contributed by atoms with Crippen LogP contribution in [-0.4, -0.2) is 24.6 Å². The minimum absolute atomic E-state index is 0.301. The number of anilines is 1. The Morgan fingerprint density at radius 1 is 1.06 bits per heavy atom. The standard InChI is InChI=1S/C25H22Br2ClN3O4/c1-3-34-22-12-17(11-20(27)23(22)35-14-16-5-4-6-19(28)10-16)13-29-31-25(33)24(32)30-21-8-7-18(26)9-15(21)2/h4-13H,3,14H2,1-2H3,(H,30,32)(H,31,33). The van der Waals surface area contributed by atoms with Crippen molar-refractivity contribution < 1.29 is 19.1 Å². The van der Waals surface area contributed by atoms with Crippen LogP contribution >= 0.6 is 43.5 Å². The molecule has 0 saturated heterocycles. The minimum atomic E-state index is -0.894. The van der Waals surface area contributed by atoms with E-state index in [1.54, 1.807) is 30.3 Å². The van der Waals surface area contributed by atoms with Gasteiger partial charge in [0.05, 0.1) is 17.3 Å². The van der Waals surface area contributed by atoms with Gasteiger partial charge in [0.25, 0.3) is 0 Å². The van der Waals surface area contributed by atoms with Gasteiger partial charge in [-0.15, -0.1) is 0 Å². The molecule has 0 aliphatic rings. The second kappa shape index (κ2) is 12.7. The Morgan fingerprint density at radius 2 is 1.86 bits per heavy atom. The number of nitrogens with one attached hydrogen (secondary N) is 2. The summed E-state index contributed by atoms with van der Waals surface area (Å²) in [7, 11) is 0. The molecule has 0 aliphatic carbocycles. The van der Waals surface area contributed by atoms with Gasteiger partial charge in [0.15, 0.2) is 11.5 Å². The molecule has 2 amide bonds. The van der Waals surface area contributed by atoms with E-state index in [-0.39, 0.29) is 0 Å². The van der Waals surface area contributed by atoms with Crippen LogP contribution < -0.4 is 20.2 Å². The number of rotatable bonds is 8. The number of hydrazone groups is 1. The van der Waals surface area contributed by atoms with E-state index in [0.29, 0.717) is 45.5 Å². The zero-order valence-electron chi connectivity index (χ0n) is 18.9. The lowest BCUT2D eigenvalue weighted by atomic mass is 10.2. The number of ether oxygens (including phenoxy) is 2. The summed E-state index contributed by atoms with van der Waals surface area (Å²) in [6.07, 6.45) is 1.41. The highest BCUT2D eigenvalue weighted by atomic mass is 79.9. The topological polar surface area (TPSA) is 89.0 Å². The molecule has 35 heavy (non-hydrogen) atoms. The summed E-state index contributed by atoms with van der Waals surface area (Å²) in [5, 5.41) is 7.08. The maximum Gasteiger partial charge on any atom is 0.329 e. The van der Waals surface area contributed by atoms with Crippen molar-refractivity contribution in [3.63, 3.8) is 0 Å². The second-order valence-corrected chi connectivity index (χ2v) is 9.50. The molecule has 0 atom stereocenters. The van der Waals surface area contributed by atoms with Gasteiger partial charge >= 0.3 is 11.8 Å². The van der Waals surface area contributed by atoms with Crippen LogP contribution in [0, 0.1) is 6.92 Å². The highest BCUT2D eigenvalue weighted by Gasteiger charge is 2.15. The van der Waals surface area contributed by atoms with Crippen molar-refractivity contribution in [2.24, 2.45) is 5.10 Å². The van der Waals surface area contributed by atoms with Crippen LogP contribution in [-0.2, 0) is 16.2 Å². The van der Waals surface area contributed by atoms with Gasteiger partial charge in [0.1, 0.15) is 6.61 Å². The van der Waals surface area contributed by atoms with Gasteiger partial charge in [-0.2, -0.15) is 5.10 Å². The van der Waals surface area contributed by atoms with Crippen LogP contribution in [0.2, 0.25) is 5.02 Å². The Hall–Kier alpha value is -2.88. The number of carbonyl (C=O) groups is 2. The van der Waals surface area contributed by atoms with Crippen LogP contribution in [0.15, 0.2) is 68.6 Å². The summed E-state index contributed by atoms with van der Waals surface area (Å²) in [4.78, 5) is 24.3. The van der Waals surface area contributed by atoms with E-state index >= 15 is 0 Å². The highest BCUT2D eigenvalue weighted by molar-refractivity contribution is 9.10. The van der Waals surface area contributed by atoms with Crippen molar-refractivity contribution in [2.45, 2.75) is 20.5 Å². The third-order valence-electron chi connectivity index (χ3n) is 4.63. The van der Waals surface area contributed by atoms with E-state index in [4.69, 9.17) is 21.1 Å². The van der Waals surface area contributed by atoms with Crippen LogP contribution in [0.4, 0.5) is 5.69 Å². The zero-order chi connectivity index (χ0) is 25.4. The van der Waals surface area contributed by atoms with Gasteiger partial charge in [0, 0.05) is 15.2 Å². The van der Waals surface area contributed by atoms with E-state index in [9.17, 15) is 9.59 Å². The third kappa shape index (κ3) is 7.81. The first-order chi connectivity index (χ1) is 16.8. The molecule has 3 aromatic carbocycles. The molecule has 0 bridgehead atoms. The second-order valence-electron chi connectivity index (χ2n) is 7.29. The predicted molar refractivity (Wildman–Crippen MR) is 144 cm³/mol. The largest absolute Gasteiger partial charge is 0.490 e. The molecule has 2 N–H and O–H groups in total. The lowest BCUT2D eigenvalue weighted by Crippen LogP contribution is -2.32. The first kappa shape index (κ1) is 26.7. The quantitative estimate of drug-likeness (QED) is 0.177. The molecule has 0 heterocycles. The number of nitrogens with zero attached hydrogens (tertiary/aromatic N) is 1. The van der Waals surface area contributed by atoms with Crippen molar-refractivity contribution in [1.82, 2.24) is 5.43 Å². The fourth-order valence-corrected chi connectivity index (χ4v) is 4.27. The summed E-state index contributed by atoms with van der Waals surface area (Å²) in [5.74, 6) is -0.694. The number of amides is 2. The van der Waals surface area contributed by atoms with Gasteiger partial charge < -0.3 is 14.8 Å². The Balaban J connectivity index is 1.66. The normalized spacial score (nSPS) is 10.8. The van der Waals surface area contributed by atoms with Gasteiger partial charge in [-0.3, -0.25) is 9.59 Å². The number of hydrogen-bond acceptors (Lipinski definition) is 5. The molecule has 3 aromatic rings. The number of benzene rings is 3. The molecule has 0 fully saturated rings. The van der Waals surface area contributed by atoms with Gasteiger partial charge in [-0.1, -0.05) is 39.7 Å². The van der Waals surface area contributed by atoms with Crippen LogP contribution in [0.3, 0.4) is 0 Å². The first-order valence-electron chi connectivity index (χ1n) is 10.5. The van der Waals surface area contributed by atoms with E-state index in [0.717, 1.165) is 15.6 Å². The lowest BCUT2D eigenvalue weighted by molar-refractivity contribution is -0.136. The summed E-state index contributed by atoms with van der Waals surface area (Å²) in [6.45, 7) is 4.41. The molecule has 0 saturated carbocycles. The Morgan fingerprint density at radius 3 is 2.57 bits per heavy atom. The smallest absolute Gasteiger partial charge is 0.329 e. The zero-order valence-corrected chi connectivity index (χ0v) is 22.8. The summed E-state index contributed by atoms with van der Waals surface area (Å²) in [5.41, 5.74) is 5.12. The van der Waals surface area contributed by atoms with Crippen molar-refractivity contribution >= 4 is 67.2 Å². The number of halogens is 3. The number of carbonyl (C=O) groups excluding carboxylic acids is 2. The fraction of sp³-hybridized carbons (Fsp3) is 0.160. The van der Waals surface area contributed by atoms with E-state index in [1.165, 1.54) is 6.21 Å². The Labute approximate surface area is 225 Å². The monoisotopic (exact) mass is 621 g/mol. The van der Waals surface area contributed by atoms with Crippen LogP contribution in [0.1, 0.15) is 23.6 Å². The Kier molecular flexibility index (Phi) is 9.71. The molecule has 182 valence electrons. The third-order valence-corrected chi connectivity index (χ3v) is 5.94. The molecule has 0 spiro atoms. The van der Waals surface area contributed by atoms with Gasteiger partial charge in [-0.05, 0) is 88.9 Å². The minimum Gasteiger partial charge on any atom is -0.490 e. The van der Waals surface area contributed by atoms with Crippen molar-refractivity contribution in [3.8, 4) is 11.5 Å². The molecular formula is C25H22Br2ClN3O4. The van der Waals surface area contributed by atoms with E-state index < -0.39 is 11.8 Å². The molecule has 0 aromatic heterocycles. The molecule has 3 rings (SSSR count). The highest BCUT2D eigenvalue weighted by Crippen LogP contribution is 2.37. The van der Waals surface area contributed by atoms with Crippen molar-refractivity contribution in [1.29, 1.82) is 0 Å². The fourth-order valence-electron chi connectivity index (χ4n) is 3.01. The molecular weight excluding hydrogens is 602 g/mol. The molecule has 10 heteroatoms. The predicted octanol–water partition coefficient (Wildman–Crippen LogP) is 6.24. The Bertz CT molecular complexity index is 1270. The molecule has 0 unspecified atom stereocenters. The van der Waals surface area contributed by atoms with Crippen LogP contribution in [0.25, 0.3) is 0 Å². The SMILES string of the molecule is CCOc1cc(C=NNC(=O)C(=O)Nc2ccc(Br)cc2C)cc(Br)c1OCc1cccc(Cl)c1. The van der Waals surface area contributed by atoms with E-state index in [1.807, 2.05) is 38.1 Å². The van der Waals surface area contributed by atoms with Crippen LogP contribution in [0.5, 0.6) is 11.5 Å². The summed E-state index contributed by atoms with van der Waals surface area (Å²) in [6, 6.07) is 16.2. The molecule has 7 nitrogen and oxygen atoms in total. The maximum atomic E-state index is 12.2. The number of hydrogen-bond donors (Lipinski definition) is 2. The molecule has 0 radical (unpaired) electrons. The average molecular weight is 624 g/mol. The van der Waals surface area contributed by atoms with Gasteiger partial charge in [0.2, 0.25) is 0 Å². The van der Waals surface area contributed by atoms with Crippen molar-refractivity contribution in [2.75, 3.05) is 11.9 Å².